The van der Waals surface area contributed by atoms with E-state index in [1.165, 1.54) is 18.4 Å². The van der Waals surface area contributed by atoms with Crippen molar-refractivity contribution in [3.63, 3.8) is 0 Å². The van der Waals surface area contributed by atoms with Crippen LogP contribution in [0.25, 0.3) is 0 Å². The van der Waals surface area contributed by atoms with Crippen molar-refractivity contribution in [1.29, 1.82) is 0 Å². The molecule has 0 radical (unpaired) electrons. The normalized spacial score (nSPS) is 28.4. The van der Waals surface area contributed by atoms with E-state index >= 15 is 0 Å². The minimum absolute atomic E-state index is 0.0516. The number of hydrogen-bond acceptors (Lipinski definition) is 2. The van der Waals surface area contributed by atoms with E-state index in [0.717, 1.165) is 37.3 Å². The first kappa shape index (κ1) is 14.4. The van der Waals surface area contributed by atoms with Gasteiger partial charge in [-0.05, 0) is 56.1 Å². The molecule has 0 aromatic heterocycles. The van der Waals surface area contributed by atoms with Crippen LogP contribution in [-0.4, -0.2) is 29.9 Å². The maximum Gasteiger partial charge on any atom is 0.245 e. The molecule has 21 heavy (non-hydrogen) atoms. The van der Waals surface area contributed by atoms with Gasteiger partial charge in [0.1, 0.15) is 6.04 Å². The second-order valence-corrected chi connectivity index (χ2v) is 6.76. The Labute approximate surface area is 127 Å². The largest absolute Gasteiger partial charge is 0.373 e. The molecule has 1 aromatic rings. The SMILES string of the molecule is CC1CCC(N(C)C(=O)C2CCc3ccccc3N2)CC1. The molecule has 0 bridgehead atoms. The van der Waals surface area contributed by atoms with Gasteiger partial charge >= 0.3 is 0 Å². The Morgan fingerprint density at radius 2 is 1.86 bits per heavy atom. The van der Waals surface area contributed by atoms with Crippen LogP contribution >= 0.6 is 0 Å². The number of carbonyl (C=O) groups is 1. The van der Waals surface area contributed by atoms with Gasteiger partial charge in [-0.25, -0.2) is 0 Å². The standard InChI is InChI=1S/C18H26N2O/c1-13-7-10-15(11-8-13)20(2)18(21)17-12-9-14-5-3-4-6-16(14)19-17/h3-6,13,15,17,19H,7-12H2,1-2H3. The van der Waals surface area contributed by atoms with Crippen LogP contribution in [0.1, 0.15) is 44.6 Å². The van der Waals surface area contributed by atoms with Gasteiger partial charge in [0.15, 0.2) is 0 Å². The van der Waals surface area contributed by atoms with Gasteiger partial charge in [-0.2, -0.15) is 0 Å². The molecular formula is C18H26N2O. The molecule has 1 saturated carbocycles. The Morgan fingerprint density at radius 1 is 1.14 bits per heavy atom. The molecule has 0 spiro atoms. The van der Waals surface area contributed by atoms with E-state index in [-0.39, 0.29) is 11.9 Å². The Kier molecular flexibility index (Phi) is 4.18. The smallest absolute Gasteiger partial charge is 0.245 e. The third kappa shape index (κ3) is 3.07. The molecule has 1 fully saturated rings. The molecular weight excluding hydrogens is 260 g/mol. The van der Waals surface area contributed by atoms with Crippen molar-refractivity contribution in [3.05, 3.63) is 29.8 Å². The zero-order chi connectivity index (χ0) is 14.8. The number of likely N-dealkylation sites (N-methyl/N-ethyl adjacent to an activating group) is 1. The molecule has 0 saturated heterocycles. The van der Waals surface area contributed by atoms with Gasteiger partial charge in [-0.15, -0.1) is 0 Å². The molecule has 1 amide bonds. The highest BCUT2D eigenvalue weighted by molar-refractivity contribution is 5.85. The van der Waals surface area contributed by atoms with Gasteiger partial charge in [0, 0.05) is 18.8 Å². The van der Waals surface area contributed by atoms with Crippen LogP contribution < -0.4 is 5.32 Å². The molecule has 1 N–H and O–H groups in total. The molecule has 3 rings (SSSR count). The van der Waals surface area contributed by atoms with Gasteiger partial charge in [0.2, 0.25) is 5.91 Å². The number of para-hydroxylation sites is 1. The molecule has 1 heterocycles. The summed E-state index contributed by atoms with van der Waals surface area (Å²) in [6.07, 6.45) is 6.73. The minimum atomic E-state index is -0.0516. The first-order valence-electron chi connectivity index (χ1n) is 8.26. The third-order valence-electron chi connectivity index (χ3n) is 5.23. The fourth-order valence-electron chi connectivity index (χ4n) is 3.68. The van der Waals surface area contributed by atoms with Crippen molar-refractivity contribution in [3.8, 4) is 0 Å². The molecule has 2 aliphatic rings. The number of hydrogen-bond donors (Lipinski definition) is 1. The number of amides is 1. The average Bonchev–Trinajstić information content (AvgIpc) is 2.54. The molecule has 3 nitrogen and oxygen atoms in total. The monoisotopic (exact) mass is 286 g/mol. The summed E-state index contributed by atoms with van der Waals surface area (Å²) < 4.78 is 0. The van der Waals surface area contributed by atoms with Crippen LogP contribution in [-0.2, 0) is 11.2 Å². The van der Waals surface area contributed by atoms with Crippen LogP contribution in [0.2, 0.25) is 0 Å². The van der Waals surface area contributed by atoms with E-state index in [2.05, 4.69) is 30.4 Å². The number of anilines is 1. The van der Waals surface area contributed by atoms with Crippen LogP contribution in [0.4, 0.5) is 5.69 Å². The molecule has 1 unspecified atom stereocenters. The van der Waals surface area contributed by atoms with Gasteiger partial charge < -0.3 is 10.2 Å². The van der Waals surface area contributed by atoms with Gasteiger partial charge in [-0.3, -0.25) is 4.79 Å². The predicted octanol–water partition coefficient (Wildman–Crippen LogP) is 3.45. The number of aryl methyl sites for hydroxylation is 1. The molecule has 3 heteroatoms. The summed E-state index contributed by atoms with van der Waals surface area (Å²) in [6, 6.07) is 8.71. The van der Waals surface area contributed by atoms with Crippen LogP contribution in [0, 0.1) is 5.92 Å². The number of fused-ring (bicyclic) bond motifs is 1. The second kappa shape index (κ2) is 6.08. The van der Waals surface area contributed by atoms with Crippen LogP contribution in [0.15, 0.2) is 24.3 Å². The summed E-state index contributed by atoms with van der Waals surface area (Å²) in [5.74, 6) is 1.09. The molecule has 1 aliphatic heterocycles. The summed E-state index contributed by atoms with van der Waals surface area (Å²) in [6.45, 7) is 2.32. The van der Waals surface area contributed by atoms with Crippen LogP contribution in [0.3, 0.4) is 0 Å². The number of benzene rings is 1. The Bertz CT molecular complexity index is 506. The highest BCUT2D eigenvalue weighted by Crippen LogP contribution is 2.29. The zero-order valence-electron chi connectivity index (χ0n) is 13.1. The van der Waals surface area contributed by atoms with Crippen molar-refractivity contribution in [2.24, 2.45) is 5.92 Å². The van der Waals surface area contributed by atoms with Gasteiger partial charge in [0.25, 0.3) is 0 Å². The fourth-order valence-corrected chi connectivity index (χ4v) is 3.68. The van der Waals surface area contributed by atoms with E-state index in [0.29, 0.717) is 6.04 Å². The Hall–Kier alpha value is -1.51. The number of carbonyl (C=O) groups excluding carboxylic acids is 1. The Balaban J connectivity index is 1.63. The molecule has 114 valence electrons. The predicted molar refractivity (Wildman–Crippen MR) is 86.4 cm³/mol. The highest BCUT2D eigenvalue weighted by Gasteiger charge is 2.31. The number of rotatable bonds is 2. The summed E-state index contributed by atoms with van der Waals surface area (Å²) in [5, 5.41) is 3.43. The van der Waals surface area contributed by atoms with E-state index in [1.807, 2.05) is 18.0 Å². The maximum atomic E-state index is 12.8. The van der Waals surface area contributed by atoms with Crippen molar-refractivity contribution < 1.29 is 4.79 Å². The summed E-state index contributed by atoms with van der Waals surface area (Å²) in [7, 11) is 1.99. The van der Waals surface area contributed by atoms with E-state index < -0.39 is 0 Å². The summed E-state index contributed by atoms with van der Waals surface area (Å²) in [5.41, 5.74) is 2.46. The van der Waals surface area contributed by atoms with E-state index in [4.69, 9.17) is 0 Å². The lowest BCUT2D eigenvalue weighted by Crippen LogP contribution is -2.48. The zero-order valence-corrected chi connectivity index (χ0v) is 13.1. The fraction of sp³-hybridized carbons (Fsp3) is 0.611. The third-order valence-corrected chi connectivity index (χ3v) is 5.23. The Morgan fingerprint density at radius 3 is 2.62 bits per heavy atom. The lowest BCUT2D eigenvalue weighted by Gasteiger charge is -2.37. The topological polar surface area (TPSA) is 32.3 Å². The second-order valence-electron chi connectivity index (χ2n) is 6.76. The minimum Gasteiger partial charge on any atom is -0.373 e. The van der Waals surface area contributed by atoms with E-state index in [1.54, 1.807) is 0 Å². The molecule has 1 aromatic carbocycles. The quantitative estimate of drug-likeness (QED) is 0.903. The summed E-state index contributed by atoms with van der Waals surface area (Å²) in [4.78, 5) is 14.8. The lowest BCUT2D eigenvalue weighted by molar-refractivity contribution is -0.133. The lowest BCUT2D eigenvalue weighted by atomic mass is 9.86. The van der Waals surface area contributed by atoms with E-state index in [9.17, 15) is 4.79 Å². The first-order valence-corrected chi connectivity index (χ1v) is 8.26. The maximum absolute atomic E-state index is 12.8. The average molecular weight is 286 g/mol. The van der Waals surface area contributed by atoms with Crippen molar-refractivity contribution in [1.82, 2.24) is 4.90 Å². The van der Waals surface area contributed by atoms with Crippen molar-refractivity contribution in [2.45, 2.75) is 57.5 Å². The first-order chi connectivity index (χ1) is 10.1. The van der Waals surface area contributed by atoms with Gasteiger partial charge in [0.05, 0.1) is 0 Å². The number of nitrogens with zero attached hydrogens (tertiary/aromatic N) is 1. The van der Waals surface area contributed by atoms with Crippen molar-refractivity contribution in [2.75, 3.05) is 12.4 Å². The number of nitrogens with one attached hydrogen (secondary N) is 1. The van der Waals surface area contributed by atoms with Gasteiger partial charge in [-0.1, -0.05) is 25.1 Å². The molecule has 1 aliphatic carbocycles. The molecule has 1 atom stereocenters. The highest BCUT2D eigenvalue weighted by atomic mass is 16.2. The summed E-state index contributed by atoms with van der Waals surface area (Å²) >= 11 is 0. The van der Waals surface area contributed by atoms with Crippen molar-refractivity contribution >= 4 is 11.6 Å². The van der Waals surface area contributed by atoms with Crippen LogP contribution in [0.5, 0.6) is 0 Å².